The summed E-state index contributed by atoms with van der Waals surface area (Å²) in [5.41, 5.74) is 5.50. The van der Waals surface area contributed by atoms with Crippen LogP contribution in [0.3, 0.4) is 0 Å². The van der Waals surface area contributed by atoms with Crippen LogP contribution in [0.2, 0.25) is 0 Å². The second-order valence-electron chi connectivity index (χ2n) is 3.78. The third-order valence-corrected chi connectivity index (χ3v) is 2.43. The zero-order valence-electron chi connectivity index (χ0n) is 9.58. The van der Waals surface area contributed by atoms with E-state index in [0.29, 0.717) is 11.5 Å². The maximum Gasteiger partial charge on any atom is 0.339 e. The van der Waals surface area contributed by atoms with Crippen molar-refractivity contribution in [1.82, 2.24) is 9.78 Å². The van der Waals surface area contributed by atoms with Crippen LogP contribution in [0.25, 0.3) is 0 Å². The van der Waals surface area contributed by atoms with Crippen LogP contribution in [0.5, 0.6) is 0 Å². The topological polar surface area (TPSA) is 111 Å². The quantitative estimate of drug-likeness (QED) is 0.825. The molecule has 7 nitrogen and oxygen atoms in total. The van der Waals surface area contributed by atoms with Gasteiger partial charge in [0.2, 0.25) is 0 Å². The van der Waals surface area contributed by atoms with E-state index in [9.17, 15) is 9.59 Å². The molecule has 1 amide bonds. The number of carbonyl (C=O) groups is 2. The molecule has 94 valence electrons. The molecule has 2 aromatic heterocycles. The van der Waals surface area contributed by atoms with Crippen molar-refractivity contribution in [3.8, 4) is 0 Å². The monoisotopic (exact) mass is 249 g/mol. The number of carboxylic acid groups (broad SMARTS) is 1. The fraction of sp³-hybridized carbons (Fsp3) is 0.182. The Morgan fingerprint density at radius 2 is 2.28 bits per heavy atom. The molecule has 0 aliphatic carbocycles. The van der Waals surface area contributed by atoms with Crippen molar-refractivity contribution in [2.45, 2.75) is 13.5 Å². The molecule has 2 rings (SSSR count). The first kappa shape index (κ1) is 11.9. The van der Waals surface area contributed by atoms with Crippen LogP contribution in [-0.2, 0) is 6.54 Å². The predicted molar refractivity (Wildman–Crippen MR) is 60.3 cm³/mol. The summed E-state index contributed by atoms with van der Waals surface area (Å²) in [6, 6.07) is 1.43. The summed E-state index contributed by atoms with van der Waals surface area (Å²) in [6.45, 7) is 1.81. The Balaban J connectivity index is 2.20. The maximum absolute atomic E-state index is 10.9. The van der Waals surface area contributed by atoms with E-state index in [1.807, 2.05) is 0 Å². The molecule has 0 bridgehead atoms. The normalized spacial score (nSPS) is 10.5. The van der Waals surface area contributed by atoms with Crippen LogP contribution in [0.1, 0.15) is 32.2 Å². The minimum Gasteiger partial charge on any atom is -0.478 e. The molecule has 2 heterocycles. The van der Waals surface area contributed by atoms with Crippen LogP contribution in [0.4, 0.5) is 0 Å². The van der Waals surface area contributed by atoms with Crippen LogP contribution in [0, 0.1) is 6.92 Å². The number of nitrogens with two attached hydrogens (primary N) is 1. The van der Waals surface area contributed by atoms with E-state index in [4.69, 9.17) is 15.3 Å². The van der Waals surface area contributed by atoms with Crippen LogP contribution in [0.15, 0.2) is 22.9 Å². The molecule has 0 atom stereocenters. The van der Waals surface area contributed by atoms with Crippen molar-refractivity contribution >= 4 is 11.9 Å². The molecule has 0 saturated carbocycles. The molecule has 0 aromatic carbocycles. The average Bonchev–Trinajstić information content (AvgIpc) is 2.86. The number of hydrogen-bond donors (Lipinski definition) is 2. The second kappa shape index (κ2) is 4.36. The summed E-state index contributed by atoms with van der Waals surface area (Å²) in [6.07, 6.45) is 2.82. The number of aromatic nitrogens is 2. The standard InChI is InChI=1S/C11H11N3O4/c1-6-9(11(16)17)2-8(18-6)5-14-4-7(3-13-14)10(12)15/h2-4H,5H2,1H3,(H2,12,15)(H,16,17). The molecule has 18 heavy (non-hydrogen) atoms. The largest absolute Gasteiger partial charge is 0.478 e. The van der Waals surface area contributed by atoms with Gasteiger partial charge in [-0.05, 0) is 13.0 Å². The number of nitrogens with zero attached hydrogens (tertiary/aromatic N) is 2. The Bertz CT molecular complexity index is 612. The molecular weight excluding hydrogens is 238 g/mol. The van der Waals surface area contributed by atoms with E-state index in [-0.39, 0.29) is 17.7 Å². The number of aryl methyl sites for hydroxylation is 1. The van der Waals surface area contributed by atoms with Crippen LogP contribution < -0.4 is 5.73 Å². The van der Waals surface area contributed by atoms with Crippen LogP contribution in [-0.4, -0.2) is 26.8 Å². The number of hydrogen-bond acceptors (Lipinski definition) is 4. The van der Waals surface area contributed by atoms with E-state index in [1.165, 1.54) is 23.1 Å². The number of rotatable bonds is 4. The Morgan fingerprint density at radius 1 is 1.56 bits per heavy atom. The highest BCUT2D eigenvalue weighted by Crippen LogP contribution is 2.15. The Hall–Kier alpha value is -2.57. The van der Waals surface area contributed by atoms with Gasteiger partial charge in [0.15, 0.2) is 0 Å². The minimum absolute atomic E-state index is 0.118. The minimum atomic E-state index is -1.04. The van der Waals surface area contributed by atoms with Gasteiger partial charge in [-0.2, -0.15) is 5.10 Å². The second-order valence-corrected chi connectivity index (χ2v) is 3.78. The highest BCUT2D eigenvalue weighted by molar-refractivity contribution is 5.92. The molecule has 0 aliphatic rings. The Labute approximate surface area is 102 Å². The number of furan rings is 1. The van der Waals surface area contributed by atoms with E-state index in [1.54, 1.807) is 6.92 Å². The third kappa shape index (κ3) is 2.24. The summed E-state index contributed by atoms with van der Waals surface area (Å²) in [4.78, 5) is 21.7. The van der Waals surface area contributed by atoms with E-state index >= 15 is 0 Å². The van der Waals surface area contributed by atoms with E-state index < -0.39 is 11.9 Å². The summed E-state index contributed by atoms with van der Waals surface area (Å²) in [5, 5.41) is 12.8. The predicted octanol–water partition coefficient (Wildman–Crippen LogP) is 0.630. The van der Waals surface area contributed by atoms with Gasteiger partial charge in [-0.15, -0.1) is 0 Å². The molecule has 0 spiro atoms. The zero-order chi connectivity index (χ0) is 13.3. The lowest BCUT2D eigenvalue weighted by molar-refractivity contribution is 0.0694. The molecule has 0 unspecified atom stereocenters. The molecule has 0 saturated heterocycles. The summed E-state index contributed by atoms with van der Waals surface area (Å²) in [7, 11) is 0. The molecular formula is C11H11N3O4. The number of carbonyl (C=O) groups excluding carboxylic acids is 1. The lowest BCUT2D eigenvalue weighted by atomic mass is 10.2. The van der Waals surface area contributed by atoms with E-state index in [2.05, 4.69) is 5.10 Å². The number of amides is 1. The molecule has 0 radical (unpaired) electrons. The molecule has 0 aliphatic heterocycles. The number of primary amides is 1. The van der Waals surface area contributed by atoms with Gasteiger partial charge in [0.25, 0.3) is 5.91 Å². The van der Waals surface area contributed by atoms with Gasteiger partial charge in [0.1, 0.15) is 17.1 Å². The molecule has 0 fully saturated rings. The molecule has 3 N–H and O–H groups in total. The first-order valence-corrected chi connectivity index (χ1v) is 5.12. The van der Waals surface area contributed by atoms with Gasteiger partial charge >= 0.3 is 5.97 Å². The third-order valence-electron chi connectivity index (χ3n) is 2.43. The first-order valence-electron chi connectivity index (χ1n) is 5.12. The van der Waals surface area contributed by atoms with Gasteiger partial charge in [0, 0.05) is 6.20 Å². The SMILES string of the molecule is Cc1oc(Cn2cc(C(N)=O)cn2)cc1C(=O)O. The average molecular weight is 249 g/mol. The highest BCUT2D eigenvalue weighted by atomic mass is 16.4. The summed E-state index contributed by atoms with van der Waals surface area (Å²) in [5.74, 6) is -0.826. The maximum atomic E-state index is 10.9. The fourth-order valence-electron chi connectivity index (χ4n) is 1.57. The fourth-order valence-corrected chi connectivity index (χ4v) is 1.57. The smallest absolute Gasteiger partial charge is 0.339 e. The van der Waals surface area contributed by atoms with Crippen molar-refractivity contribution < 1.29 is 19.1 Å². The van der Waals surface area contributed by atoms with Crippen molar-refractivity contribution in [3.63, 3.8) is 0 Å². The van der Waals surface area contributed by atoms with Crippen molar-refractivity contribution in [2.24, 2.45) is 5.73 Å². The summed E-state index contributed by atoms with van der Waals surface area (Å²) < 4.78 is 6.74. The number of aromatic carboxylic acids is 1. The lowest BCUT2D eigenvalue weighted by Gasteiger charge is -1.96. The van der Waals surface area contributed by atoms with Gasteiger partial charge < -0.3 is 15.3 Å². The van der Waals surface area contributed by atoms with Gasteiger partial charge in [-0.25, -0.2) is 4.79 Å². The van der Waals surface area contributed by atoms with Gasteiger partial charge in [-0.3, -0.25) is 9.48 Å². The van der Waals surface area contributed by atoms with Crippen molar-refractivity contribution in [2.75, 3.05) is 0 Å². The van der Waals surface area contributed by atoms with Gasteiger partial charge in [0.05, 0.1) is 18.3 Å². The Morgan fingerprint density at radius 3 is 2.78 bits per heavy atom. The van der Waals surface area contributed by atoms with Crippen LogP contribution >= 0.6 is 0 Å². The molecule has 7 heteroatoms. The van der Waals surface area contributed by atoms with Gasteiger partial charge in [-0.1, -0.05) is 0 Å². The van der Waals surface area contributed by atoms with Crippen molar-refractivity contribution in [1.29, 1.82) is 0 Å². The van der Waals surface area contributed by atoms with Crippen molar-refractivity contribution in [3.05, 3.63) is 41.1 Å². The summed E-state index contributed by atoms with van der Waals surface area (Å²) >= 11 is 0. The number of carboxylic acids is 1. The Kier molecular flexibility index (Phi) is 2.88. The van der Waals surface area contributed by atoms with E-state index in [0.717, 1.165) is 0 Å². The molecule has 2 aromatic rings. The highest BCUT2D eigenvalue weighted by Gasteiger charge is 2.14. The first-order chi connectivity index (χ1) is 8.47. The zero-order valence-corrected chi connectivity index (χ0v) is 9.58. The lowest BCUT2D eigenvalue weighted by Crippen LogP contribution is -2.09.